The number of halogens is 3. The van der Waals surface area contributed by atoms with Crippen molar-refractivity contribution in [3.63, 3.8) is 0 Å². The molecule has 1 aliphatic heterocycles. The first-order valence-corrected chi connectivity index (χ1v) is 8.74. The summed E-state index contributed by atoms with van der Waals surface area (Å²) in [5, 5.41) is 21.6. The standard InChI is InChI=1S/C17H22F3N5O2/c1-27-10-9-25-16(21-22-23-25)15(24-7-5-14(26)6-8-24)12-3-2-4-13(11-12)17(18,19)20/h2-4,11,14-15,26H,5-10H2,1H3/t15-/m0/s1. The Morgan fingerprint density at radius 1 is 1.30 bits per heavy atom. The van der Waals surface area contributed by atoms with E-state index in [2.05, 4.69) is 15.5 Å². The Bertz CT molecular complexity index is 744. The second-order valence-electron chi connectivity index (χ2n) is 6.55. The lowest BCUT2D eigenvalue weighted by Gasteiger charge is -2.35. The number of tetrazole rings is 1. The molecule has 2 aromatic rings. The van der Waals surface area contributed by atoms with Crippen LogP contribution in [0, 0.1) is 0 Å². The van der Waals surface area contributed by atoms with E-state index in [0.717, 1.165) is 12.1 Å². The molecule has 27 heavy (non-hydrogen) atoms. The van der Waals surface area contributed by atoms with Crippen molar-refractivity contribution in [3.05, 3.63) is 41.2 Å². The highest BCUT2D eigenvalue weighted by Crippen LogP contribution is 2.34. The molecule has 148 valence electrons. The molecule has 2 heterocycles. The first-order chi connectivity index (χ1) is 12.9. The van der Waals surface area contributed by atoms with Crippen molar-refractivity contribution in [1.29, 1.82) is 0 Å². The van der Waals surface area contributed by atoms with Gasteiger partial charge in [0.15, 0.2) is 5.82 Å². The molecule has 0 bridgehead atoms. The maximum absolute atomic E-state index is 13.2. The molecule has 7 nitrogen and oxygen atoms in total. The Kier molecular flexibility index (Phi) is 6.08. The second kappa shape index (κ2) is 8.32. The lowest BCUT2D eigenvalue weighted by atomic mass is 9.98. The fourth-order valence-corrected chi connectivity index (χ4v) is 3.30. The molecule has 1 atom stereocenters. The molecule has 0 spiro atoms. The monoisotopic (exact) mass is 385 g/mol. The van der Waals surface area contributed by atoms with Crippen LogP contribution in [0.3, 0.4) is 0 Å². The predicted molar refractivity (Wildman–Crippen MR) is 89.8 cm³/mol. The highest BCUT2D eigenvalue weighted by atomic mass is 19.4. The zero-order chi connectivity index (χ0) is 19.4. The van der Waals surface area contributed by atoms with Crippen LogP contribution >= 0.6 is 0 Å². The molecule has 1 N–H and O–H groups in total. The number of piperidine rings is 1. The van der Waals surface area contributed by atoms with E-state index in [4.69, 9.17) is 4.74 Å². The highest BCUT2D eigenvalue weighted by molar-refractivity contribution is 5.31. The number of likely N-dealkylation sites (tertiary alicyclic amines) is 1. The molecular formula is C17H22F3N5O2. The first-order valence-electron chi connectivity index (χ1n) is 8.74. The Balaban J connectivity index is 2.00. The zero-order valence-electron chi connectivity index (χ0n) is 14.9. The molecule has 0 saturated carbocycles. The van der Waals surface area contributed by atoms with Gasteiger partial charge in [-0.05, 0) is 41.0 Å². The number of hydrogen-bond acceptors (Lipinski definition) is 6. The quantitative estimate of drug-likeness (QED) is 0.818. The molecule has 1 aromatic heterocycles. The van der Waals surface area contributed by atoms with Gasteiger partial charge < -0.3 is 9.84 Å². The average molecular weight is 385 g/mol. The minimum atomic E-state index is -4.43. The van der Waals surface area contributed by atoms with E-state index in [1.54, 1.807) is 17.9 Å². The van der Waals surface area contributed by atoms with Crippen molar-refractivity contribution < 1.29 is 23.0 Å². The average Bonchev–Trinajstić information content (AvgIpc) is 3.09. The van der Waals surface area contributed by atoms with Crippen LogP contribution in [-0.4, -0.2) is 63.1 Å². The molecule has 0 amide bonds. The van der Waals surface area contributed by atoms with Gasteiger partial charge in [-0.3, -0.25) is 4.90 Å². The second-order valence-corrected chi connectivity index (χ2v) is 6.55. The van der Waals surface area contributed by atoms with Crippen LogP contribution in [0.15, 0.2) is 24.3 Å². The van der Waals surface area contributed by atoms with Gasteiger partial charge in [0, 0.05) is 20.2 Å². The molecule has 0 unspecified atom stereocenters. The van der Waals surface area contributed by atoms with Crippen LogP contribution in [0.4, 0.5) is 13.2 Å². The van der Waals surface area contributed by atoms with Gasteiger partial charge in [0.1, 0.15) is 0 Å². The van der Waals surface area contributed by atoms with Crippen molar-refractivity contribution in [2.75, 3.05) is 26.8 Å². The number of methoxy groups -OCH3 is 1. The summed E-state index contributed by atoms with van der Waals surface area (Å²) in [5.74, 6) is 0.461. The van der Waals surface area contributed by atoms with Crippen LogP contribution in [0.5, 0.6) is 0 Å². The fourth-order valence-electron chi connectivity index (χ4n) is 3.30. The van der Waals surface area contributed by atoms with E-state index < -0.39 is 23.9 Å². The molecule has 0 aliphatic carbocycles. The van der Waals surface area contributed by atoms with Crippen LogP contribution in [0.2, 0.25) is 0 Å². The van der Waals surface area contributed by atoms with Gasteiger partial charge in [0.05, 0.1) is 30.9 Å². The molecule has 1 aliphatic rings. The van der Waals surface area contributed by atoms with E-state index in [1.165, 1.54) is 6.07 Å². The summed E-state index contributed by atoms with van der Waals surface area (Å²) in [4.78, 5) is 2.01. The van der Waals surface area contributed by atoms with Crippen molar-refractivity contribution in [2.45, 2.75) is 37.7 Å². The van der Waals surface area contributed by atoms with Crippen molar-refractivity contribution in [1.82, 2.24) is 25.1 Å². The smallest absolute Gasteiger partial charge is 0.393 e. The number of rotatable bonds is 6. The van der Waals surface area contributed by atoms with Gasteiger partial charge in [-0.1, -0.05) is 12.1 Å². The molecule has 1 saturated heterocycles. The Morgan fingerprint density at radius 3 is 2.70 bits per heavy atom. The van der Waals surface area contributed by atoms with Crippen LogP contribution < -0.4 is 0 Å². The van der Waals surface area contributed by atoms with Gasteiger partial charge in [-0.2, -0.15) is 13.2 Å². The number of aliphatic hydroxyl groups excluding tert-OH is 1. The predicted octanol–water partition coefficient (Wildman–Crippen LogP) is 1.88. The maximum atomic E-state index is 13.2. The minimum absolute atomic E-state index is 0.381. The van der Waals surface area contributed by atoms with E-state index >= 15 is 0 Å². The van der Waals surface area contributed by atoms with Gasteiger partial charge in [0.25, 0.3) is 0 Å². The van der Waals surface area contributed by atoms with E-state index in [9.17, 15) is 18.3 Å². The maximum Gasteiger partial charge on any atom is 0.416 e. The molecule has 1 aromatic carbocycles. The van der Waals surface area contributed by atoms with Gasteiger partial charge in [0.2, 0.25) is 0 Å². The third-order valence-electron chi connectivity index (χ3n) is 4.71. The lowest BCUT2D eigenvalue weighted by molar-refractivity contribution is -0.137. The molecule has 1 fully saturated rings. The summed E-state index contributed by atoms with van der Waals surface area (Å²) in [7, 11) is 1.56. The summed E-state index contributed by atoms with van der Waals surface area (Å²) in [6.07, 6.45) is -3.72. The summed E-state index contributed by atoms with van der Waals surface area (Å²) in [6.45, 7) is 1.86. The number of ether oxygens (including phenoxy) is 1. The van der Waals surface area contributed by atoms with E-state index in [-0.39, 0.29) is 0 Å². The van der Waals surface area contributed by atoms with Gasteiger partial charge in [-0.25, -0.2) is 4.68 Å². The number of hydrogen-bond donors (Lipinski definition) is 1. The summed E-state index contributed by atoms with van der Waals surface area (Å²) >= 11 is 0. The first kappa shape index (κ1) is 19.7. The highest BCUT2D eigenvalue weighted by Gasteiger charge is 2.34. The van der Waals surface area contributed by atoms with E-state index in [0.29, 0.717) is 50.5 Å². The third kappa shape index (κ3) is 4.63. The normalized spacial score (nSPS) is 18.0. The van der Waals surface area contributed by atoms with Crippen molar-refractivity contribution >= 4 is 0 Å². The van der Waals surface area contributed by atoms with Gasteiger partial charge in [-0.15, -0.1) is 5.10 Å². The van der Waals surface area contributed by atoms with Crippen LogP contribution in [0.25, 0.3) is 0 Å². The lowest BCUT2D eigenvalue weighted by Crippen LogP contribution is -2.40. The van der Waals surface area contributed by atoms with Crippen molar-refractivity contribution in [2.24, 2.45) is 0 Å². The Hall–Kier alpha value is -2.04. The van der Waals surface area contributed by atoms with Crippen LogP contribution in [-0.2, 0) is 17.5 Å². The van der Waals surface area contributed by atoms with Gasteiger partial charge >= 0.3 is 6.18 Å². The topological polar surface area (TPSA) is 76.3 Å². The molecule has 3 rings (SSSR count). The summed E-state index contributed by atoms with van der Waals surface area (Å²) in [5.41, 5.74) is -0.243. The fraction of sp³-hybridized carbons (Fsp3) is 0.588. The third-order valence-corrected chi connectivity index (χ3v) is 4.71. The number of alkyl halides is 3. The molecule has 0 radical (unpaired) electrons. The summed E-state index contributed by atoms with van der Waals surface area (Å²) < 4.78 is 46.2. The van der Waals surface area contributed by atoms with E-state index in [1.807, 2.05) is 4.90 Å². The SMILES string of the molecule is COCCn1nnnc1[C@H](c1cccc(C(F)(F)F)c1)N1CCC(O)CC1. The molecular weight excluding hydrogens is 363 g/mol. The number of aliphatic hydroxyl groups is 1. The summed E-state index contributed by atoms with van der Waals surface area (Å²) in [6, 6.07) is 4.71. The Labute approximate surface area is 154 Å². The number of aromatic nitrogens is 4. The Morgan fingerprint density at radius 2 is 2.04 bits per heavy atom. The zero-order valence-corrected chi connectivity index (χ0v) is 14.9. The molecule has 10 heteroatoms. The minimum Gasteiger partial charge on any atom is -0.393 e. The van der Waals surface area contributed by atoms with Crippen molar-refractivity contribution in [3.8, 4) is 0 Å². The largest absolute Gasteiger partial charge is 0.416 e. The number of benzene rings is 1. The number of nitrogens with zero attached hydrogens (tertiary/aromatic N) is 5. The van der Waals surface area contributed by atoms with Crippen LogP contribution in [0.1, 0.15) is 35.8 Å².